The Kier molecular flexibility index (Phi) is 4.47. The SMILES string of the molecule is Cn1ncc(N2CCC(Nc3ccccc3)CC2)c(Br)c1=O. The fourth-order valence-electron chi connectivity index (χ4n) is 2.76. The molecule has 0 saturated carbocycles. The van der Waals surface area contributed by atoms with E-state index in [4.69, 9.17) is 0 Å². The number of benzene rings is 1. The van der Waals surface area contributed by atoms with Gasteiger partial charge in [0.15, 0.2) is 0 Å². The number of piperidine rings is 1. The van der Waals surface area contributed by atoms with Crippen LogP contribution in [0.2, 0.25) is 0 Å². The highest BCUT2D eigenvalue weighted by molar-refractivity contribution is 9.10. The highest BCUT2D eigenvalue weighted by Gasteiger charge is 2.22. The summed E-state index contributed by atoms with van der Waals surface area (Å²) >= 11 is 3.40. The molecular formula is C16H19BrN4O. The van der Waals surface area contributed by atoms with Gasteiger partial charge in [-0.2, -0.15) is 5.10 Å². The largest absolute Gasteiger partial charge is 0.382 e. The zero-order valence-electron chi connectivity index (χ0n) is 12.5. The zero-order chi connectivity index (χ0) is 15.5. The van der Waals surface area contributed by atoms with Crippen LogP contribution >= 0.6 is 15.9 Å². The van der Waals surface area contributed by atoms with Crippen LogP contribution in [0.3, 0.4) is 0 Å². The van der Waals surface area contributed by atoms with Crippen molar-refractivity contribution in [2.75, 3.05) is 23.3 Å². The van der Waals surface area contributed by atoms with Gasteiger partial charge in [0.25, 0.3) is 5.56 Å². The topological polar surface area (TPSA) is 50.2 Å². The van der Waals surface area contributed by atoms with Crippen LogP contribution < -0.4 is 15.8 Å². The zero-order valence-corrected chi connectivity index (χ0v) is 14.1. The van der Waals surface area contributed by atoms with Gasteiger partial charge >= 0.3 is 0 Å². The number of hydrogen-bond donors (Lipinski definition) is 1. The lowest BCUT2D eigenvalue weighted by atomic mass is 10.0. The van der Waals surface area contributed by atoms with Gasteiger partial charge in [0.05, 0.1) is 11.9 Å². The fraction of sp³-hybridized carbons (Fsp3) is 0.375. The van der Waals surface area contributed by atoms with Crippen LogP contribution in [-0.2, 0) is 7.05 Å². The van der Waals surface area contributed by atoms with Crippen molar-refractivity contribution in [2.24, 2.45) is 7.05 Å². The van der Waals surface area contributed by atoms with Crippen LogP contribution in [0.1, 0.15) is 12.8 Å². The van der Waals surface area contributed by atoms with Gasteiger partial charge in [-0.25, -0.2) is 4.68 Å². The van der Waals surface area contributed by atoms with E-state index in [2.05, 4.69) is 43.4 Å². The van der Waals surface area contributed by atoms with Crippen molar-refractivity contribution in [3.8, 4) is 0 Å². The molecule has 2 aromatic rings. The van der Waals surface area contributed by atoms with Crippen molar-refractivity contribution < 1.29 is 0 Å². The highest BCUT2D eigenvalue weighted by atomic mass is 79.9. The van der Waals surface area contributed by atoms with Gasteiger partial charge in [-0.3, -0.25) is 4.79 Å². The van der Waals surface area contributed by atoms with Gasteiger partial charge < -0.3 is 10.2 Å². The summed E-state index contributed by atoms with van der Waals surface area (Å²) in [6.07, 6.45) is 3.84. The number of halogens is 1. The highest BCUT2D eigenvalue weighted by Crippen LogP contribution is 2.25. The Morgan fingerprint density at radius 2 is 1.91 bits per heavy atom. The van der Waals surface area contributed by atoms with Crippen LogP contribution in [0.4, 0.5) is 11.4 Å². The number of hydrogen-bond acceptors (Lipinski definition) is 4. The average Bonchev–Trinajstić information content (AvgIpc) is 2.55. The van der Waals surface area contributed by atoms with Gasteiger partial charge in [-0.05, 0) is 40.9 Å². The molecule has 0 bridgehead atoms. The molecule has 0 unspecified atom stereocenters. The van der Waals surface area contributed by atoms with Crippen molar-refractivity contribution in [3.05, 3.63) is 51.4 Å². The van der Waals surface area contributed by atoms with Crippen LogP contribution in [0.25, 0.3) is 0 Å². The van der Waals surface area contributed by atoms with E-state index < -0.39 is 0 Å². The second kappa shape index (κ2) is 6.52. The van der Waals surface area contributed by atoms with Crippen LogP contribution in [0.15, 0.2) is 45.8 Å². The Bertz CT molecular complexity index is 693. The molecule has 1 fully saturated rings. The van der Waals surface area contributed by atoms with Crippen molar-refractivity contribution in [1.29, 1.82) is 0 Å². The number of aryl methyl sites for hydroxylation is 1. The van der Waals surface area contributed by atoms with E-state index in [0.717, 1.165) is 37.3 Å². The molecule has 1 aliphatic heterocycles. The molecule has 1 saturated heterocycles. The smallest absolute Gasteiger partial charge is 0.282 e. The molecule has 0 aliphatic carbocycles. The molecule has 0 atom stereocenters. The van der Waals surface area contributed by atoms with E-state index in [-0.39, 0.29) is 5.56 Å². The van der Waals surface area contributed by atoms with Crippen LogP contribution in [0, 0.1) is 0 Å². The van der Waals surface area contributed by atoms with Gasteiger partial charge in [-0.15, -0.1) is 0 Å². The molecule has 1 N–H and O–H groups in total. The molecule has 1 aliphatic rings. The maximum Gasteiger partial charge on any atom is 0.282 e. The minimum atomic E-state index is -0.0953. The summed E-state index contributed by atoms with van der Waals surface area (Å²) in [7, 11) is 1.66. The Morgan fingerprint density at radius 3 is 2.59 bits per heavy atom. The molecule has 116 valence electrons. The minimum Gasteiger partial charge on any atom is -0.382 e. The maximum atomic E-state index is 12.0. The van der Waals surface area contributed by atoms with Gasteiger partial charge in [0.1, 0.15) is 4.47 Å². The summed E-state index contributed by atoms with van der Waals surface area (Å²) < 4.78 is 1.94. The summed E-state index contributed by atoms with van der Waals surface area (Å²) in [4.78, 5) is 14.2. The van der Waals surface area contributed by atoms with Crippen molar-refractivity contribution in [2.45, 2.75) is 18.9 Å². The Morgan fingerprint density at radius 1 is 1.23 bits per heavy atom. The summed E-state index contributed by atoms with van der Waals surface area (Å²) in [6, 6.07) is 10.8. The minimum absolute atomic E-state index is 0.0953. The fourth-order valence-corrected chi connectivity index (χ4v) is 3.37. The Labute approximate surface area is 138 Å². The second-order valence-electron chi connectivity index (χ2n) is 5.54. The number of aromatic nitrogens is 2. The molecular weight excluding hydrogens is 344 g/mol. The molecule has 0 radical (unpaired) electrons. The standard InChI is InChI=1S/C16H19BrN4O/c1-20-16(22)15(17)14(11-18-20)21-9-7-13(8-10-21)19-12-5-3-2-4-6-12/h2-6,11,13,19H,7-10H2,1H3. The van der Waals surface area contributed by atoms with Crippen molar-refractivity contribution in [1.82, 2.24) is 9.78 Å². The number of nitrogens with zero attached hydrogens (tertiary/aromatic N) is 3. The summed E-state index contributed by atoms with van der Waals surface area (Å²) in [6.45, 7) is 1.83. The van der Waals surface area contributed by atoms with E-state index in [1.165, 1.54) is 4.68 Å². The Balaban J connectivity index is 1.65. The molecule has 3 rings (SSSR count). The van der Waals surface area contributed by atoms with E-state index in [0.29, 0.717) is 10.5 Å². The molecule has 0 amide bonds. The average molecular weight is 363 g/mol. The molecule has 22 heavy (non-hydrogen) atoms. The van der Waals surface area contributed by atoms with Crippen molar-refractivity contribution >= 4 is 27.3 Å². The third-order valence-electron chi connectivity index (χ3n) is 4.04. The molecule has 5 nitrogen and oxygen atoms in total. The van der Waals surface area contributed by atoms with Crippen molar-refractivity contribution in [3.63, 3.8) is 0 Å². The normalized spacial score (nSPS) is 15.8. The van der Waals surface area contributed by atoms with E-state index in [1.807, 2.05) is 18.2 Å². The van der Waals surface area contributed by atoms with Gasteiger partial charge in [0.2, 0.25) is 0 Å². The molecule has 1 aromatic carbocycles. The first kappa shape index (κ1) is 15.1. The maximum absolute atomic E-state index is 12.0. The van der Waals surface area contributed by atoms with Crippen LogP contribution in [-0.4, -0.2) is 28.9 Å². The number of para-hydroxylation sites is 1. The van der Waals surface area contributed by atoms with E-state index in [9.17, 15) is 4.79 Å². The predicted molar refractivity (Wildman–Crippen MR) is 92.5 cm³/mol. The van der Waals surface area contributed by atoms with Gasteiger partial charge in [-0.1, -0.05) is 18.2 Å². The predicted octanol–water partition coefficient (Wildman–Crippen LogP) is 2.62. The lowest BCUT2D eigenvalue weighted by Crippen LogP contribution is -2.40. The first-order chi connectivity index (χ1) is 10.6. The summed E-state index contributed by atoms with van der Waals surface area (Å²) in [5.41, 5.74) is 1.96. The number of nitrogens with one attached hydrogen (secondary N) is 1. The third kappa shape index (κ3) is 3.16. The monoisotopic (exact) mass is 362 g/mol. The lowest BCUT2D eigenvalue weighted by molar-refractivity contribution is 0.524. The lowest BCUT2D eigenvalue weighted by Gasteiger charge is -2.34. The third-order valence-corrected chi connectivity index (χ3v) is 4.79. The number of rotatable bonds is 3. The van der Waals surface area contributed by atoms with Crippen LogP contribution in [0.5, 0.6) is 0 Å². The molecule has 1 aromatic heterocycles. The molecule has 6 heteroatoms. The van der Waals surface area contributed by atoms with E-state index in [1.54, 1.807) is 13.2 Å². The van der Waals surface area contributed by atoms with Gasteiger partial charge in [0, 0.05) is 31.9 Å². The number of anilines is 2. The summed E-state index contributed by atoms with van der Waals surface area (Å²) in [5.74, 6) is 0. The Hall–Kier alpha value is -1.82. The first-order valence-electron chi connectivity index (χ1n) is 7.43. The summed E-state index contributed by atoms with van der Waals surface area (Å²) in [5, 5.41) is 7.69. The first-order valence-corrected chi connectivity index (χ1v) is 8.23. The molecule has 0 spiro atoms. The van der Waals surface area contributed by atoms with E-state index >= 15 is 0 Å². The quantitative estimate of drug-likeness (QED) is 0.911. The molecule has 2 heterocycles. The second-order valence-corrected chi connectivity index (χ2v) is 6.34.